The van der Waals surface area contributed by atoms with Gasteiger partial charge < -0.3 is 13.7 Å². The summed E-state index contributed by atoms with van der Waals surface area (Å²) < 4.78 is 15.7. The fourth-order valence-corrected chi connectivity index (χ4v) is 9.43. The summed E-state index contributed by atoms with van der Waals surface area (Å²) in [6.45, 7) is 6.66. The number of allylic oxidation sites excluding steroid dienone is 5. The smallest absolute Gasteiger partial charge is 0.136 e. The quantitative estimate of drug-likeness (QED) is 0.187. The molecular weight excluding hydrogens is 639 g/mol. The van der Waals surface area contributed by atoms with Crippen LogP contribution in [0.4, 0.5) is 0 Å². The van der Waals surface area contributed by atoms with Crippen molar-refractivity contribution in [2.24, 2.45) is 5.92 Å². The monoisotopic (exact) mass is 673 g/mol. The maximum atomic E-state index is 10.6. The van der Waals surface area contributed by atoms with E-state index in [1.807, 2.05) is 18.2 Å². The van der Waals surface area contributed by atoms with Gasteiger partial charge in [-0.2, -0.15) is 10.5 Å². The van der Waals surface area contributed by atoms with Crippen LogP contribution >= 0.6 is 0 Å². The molecule has 0 amide bonds. The van der Waals surface area contributed by atoms with Gasteiger partial charge in [-0.3, -0.25) is 0 Å². The molecule has 4 atom stereocenters. The summed E-state index contributed by atoms with van der Waals surface area (Å²) in [6, 6.07) is 34.5. The number of rotatable bonds is 3. The Balaban J connectivity index is 1.13. The largest absolute Gasteiger partial charge is 0.482 e. The predicted octanol–water partition coefficient (Wildman–Crippen LogP) is 11.0. The van der Waals surface area contributed by atoms with Gasteiger partial charge in [-0.1, -0.05) is 80.6 Å². The van der Waals surface area contributed by atoms with Crippen LogP contribution in [0.3, 0.4) is 0 Å². The van der Waals surface area contributed by atoms with Crippen LogP contribution in [0.15, 0.2) is 119 Å². The molecule has 1 aliphatic heterocycles. The molecule has 0 saturated heterocycles. The van der Waals surface area contributed by atoms with Gasteiger partial charge in [-0.25, -0.2) is 0 Å². The Morgan fingerprint density at radius 3 is 2.29 bits per heavy atom. The van der Waals surface area contributed by atoms with Crippen LogP contribution in [-0.2, 0) is 11.8 Å². The molecule has 0 bridgehead atoms. The molecule has 52 heavy (non-hydrogen) atoms. The van der Waals surface area contributed by atoms with Gasteiger partial charge in [0.05, 0.1) is 34.3 Å². The number of benzene rings is 4. The number of furan rings is 1. The number of nitriles is 2. The van der Waals surface area contributed by atoms with Crippen LogP contribution in [-0.4, -0.2) is 10.2 Å². The molecule has 3 heterocycles. The fourth-order valence-electron chi connectivity index (χ4n) is 9.43. The van der Waals surface area contributed by atoms with Crippen LogP contribution in [0.5, 0.6) is 5.75 Å². The number of ether oxygens (including phenoxy) is 1. The zero-order valence-electron chi connectivity index (χ0n) is 29.3. The Hall–Kier alpha value is -6.30. The van der Waals surface area contributed by atoms with E-state index in [9.17, 15) is 10.5 Å². The lowest BCUT2D eigenvalue weighted by Crippen LogP contribution is -2.35. The molecule has 0 spiro atoms. The highest BCUT2D eigenvalue weighted by molar-refractivity contribution is 6.09. The summed E-state index contributed by atoms with van der Waals surface area (Å²) in [5.74, 6) is 2.84. The molecule has 250 valence electrons. The van der Waals surface area contributed by atoms with E-state index in [2.05, 4.69) is 141 Å². The summed E-state index contributed by atoms with van der Waals surface area (Å²) >= 11 is 0. The molecule has 3 aliphatic carbocycles. The van der Waals surface area contributed by atoms with E-state index in [0.717, 1.165) is 73.4 Å². The molecule has 2 aromatic heterocycles. The second-order valence-electron chi connectivity index (χ2n) is 15.2. The van der Waals surface area contributed by atoms with Crippen LogP contribution in [0.25, 0.3) is 45.2 Å². The van der Waals surface area contributed by atoms with Crippen molar-refractivity contribution in [1.82, 2.24) is 4.57 Å². The van der Waals surface area contributed by atoms with Crippen molar-refractivity contribution >= 4 is 39.5 Å². The van der Waals surface area contributed by atoms with Gasteiger partial charge in [0.25, 0.3) is 0 Å². The first-order chi connectivity index (χ1) is 25.3. The third kappa shape index (κ3) is 4.20. The summed E-state index contributed by atoms with van der Waals surface area (Å²) in [5.41, 5.74) is 10.5. The topological polar surface area (TPSA) is 74.9 Å². The first-order valence-corrected chi connectivity index (χ1v) is 18.0. The molecule has 0 saturated carbocycles. The Kier molecular flexibility index (Phi) is 6.37. The minimum Gasteiger partial charge on any atom is -0.482 e. The number of nitrogens with zero attached hydrogens (tertiary/aromatic N) is 3. The van der Waals surface area contributed by atoms with E-state index in [0.29, 0.717) is 12.0 Å². The molecule has 4 aromatic carbocycles. The van der Waals surface area contributed by atoms with Gasteiger partial charge in [-0.15, -0.1) is 0 Å². The van der Waals surface area contributed by atoms with Gasteiger partial charge in [0.15, 0.2) is 0 Å². The van der Waals surface area contributed by atoms with E-state index in [1.165, 1.54) is 16.7 Å². The normalized spacial score (nSPS) is 23.9. The van der Waals surface area contributed by atoms with Crippen molar-refractivity contribution in [1.29, 1.82) is 10.5 Å². The lowest BCUT2D eigenvalue weighted by molar-refractivity contribution is 0.152. The summed E-state index contributed by atoms with van der Waals surface area (Å²) in [4.78, 5) is 0. The van der Waals surface area contributed by atoms with Crippen molar-refractivity contribution in [3.63, 3.8) is 0 Å². The molecule has 5 nitrogen and oxygen atoms in total. The van der Waals surface area contributed by atoms with Crippen molar-refractivity contribution in [3.05, 3.63) is 160 Å². The first-order valence-electron chi connectivity index (χ1n) is 18.0. The molecule has 0 radical (unpaired) electrons. The summed E-state index contributed by atoms with van der Waals surface area (Å²) in [5, 5.41) is 22.4. The zero-order valence-corrected chi connectivity index (χ0v) is 29.3. The third-order valence-corrected chi connectivity index (χ3v) is 11.9. The summed E-state index contributed by atoms with van der Waals surface area (Å²) in [6.07, 6.45) is 14.1. The lowest BCUT2D eigenvalue weighted by Gasteiger charge is -2.35. The van der Waals surface area contributed by atoms with Crippen molar-refractivity contribution in [2.75, 3.05) is 0 Å². The van der Waals surface area contributed by atoms with Gasteiger partial charge >= 0.3 is 0 Å². The molecule has 3 unspecified atom stereocenters. The van der Waals surface area contributed by atoms with Crippen molar-refractivity contribution < 1.29 is 9.15 Å². The number of hydrogen-bond donors (Lipinski definition) is 0. The highest BCUT2D eigenvalue weighted by atomic mass is 16.5. The first kappa shape index (κ1) is 30.5. The minimum absolute atomic E-state index is 0.0577. The molecule has 4 aliphatic rings. The standard InChI is InChI=1S/C47H35N3O2/c1-28-23-29(26-48)15-17-32(28)30-16-18-41-35(24-30)44-43-36-25-46(2,21-19-40(36)51-42(43)20-22-47(44,3)52-41)37-12-8-9-31(27-49)45(37)50-38-13-6-4-10-33(38)34-11-5-7-14-39(34)50/h4-22,24,28,44H,23,25H2,1-3H3/t28?,44?,46?,47-/m0/s1. The molecule has 6 aromatic rings. The van der Waals surface area contributed by atoms with E-state index in [-0.39, 0.29) is 11.8 Å². The SMILES string of the molecule is CC1CC(C#N)=CC=C1c1ccc2c(c1)C1c3c(oc4c3CC(C)(c3cccc(C#N)c3-n3c5ccccc5c5ccccc53)C=C4)C=C[C@]1(C)O2. The molecule has 0 N–H and O–H groups in total. The average molecular weight is 674 g/mol. The number of fused-ring (bicyclic) bond motifs is 10. The maximum absolute atomic E-state index is 10.6. The fraction of sp³-hybridized carbons (Fsp3) is 0.191. The number of aromatic nitrogens is 1. The Bertz CT molecular complexity index is 2700. The van der Waals surface area contributed by atoms with E-state index in [4.69, 9.17) is 9.15 Å². The number of hydrogen-bond acceptors (Lipinski definition) is 4. The Morgan fingerprint density at radius 2 is 1.56 bits per heavy atom. The van der Waals surface area contributed by atoms with Gasteiger partial charge in [-0.05, 0) is 97.0 Å². The van der Waals surface area contributed by atoms with Gasteiger partial charge in [0.2, 0.25) is 0 Å². The Labute approximate surface area is 302 Å². The molecular formula is C47H35N3O2. The van der Waals surface area contributed by atoms with Crippen LogP contribution in [0, 0.1) is 28.6 Å². The molecule has 5 heteroatoms. The van der Waals surface area contributed by atoms with Gasteiger partial charge in [0.1, 0.15) is 28.9 Å². The summed E-state index contributed by atoms with van der Waals surface area (Å²) in [7, 11) is 0. The van der Waals surface area contributed by atoms with Crippen LogP contribution in [0.2, 0.25) is 0 Å². The predicted molar refractivity (Wildman–Crippen MR) is 206 cm³/mol. The minimum atomic E-state index is -0.571. The maximum Gasteiger partial charge on any atom is 0.136 e. The lowest BCUT2D eigenvalue weighted by atomic mass is 9.68. The van der Waals surface area contributed by atoms with Crippen molar-refractivity contribution in [2.45, 2.75) is 50.5 Å². The highest BCUT2D eigenvalue weighted by Gasteiger charge is 2.50. The molecule has 0 fully saturated rings. The van der Waals surface area contributed by atoms with E-state index >= 15 is 0 Å². The average Bonchev–Trinajstić information content (AvgIpc) is 3.80. The zero-order chi connectivity index (χ0) is 35.4. The van der Waals surface area contributed by atoms with Crippen LogP contribution in [0.1, 0.15) is 78.0 Å². The van der Waals surface area contributed by atoms with Crippen LogP contribution < -0.4 is 4.74 Å². The van der Waals surface area contributed by atoms with E-state index < -0.39 is 11.0 Å². The molecule has 10 rings (SSSR count). The third-order valence-electron chi connectivity index (χ3n) is 11.9. The Morgan fingerprint density at radius 1 is 0.808 bits per heavy atom. The second-order valence-corrected chi connectivity index (χ2v) is 15.2. The number of para-hydroxylation sites is 3. The second kappa shape index (κ2) is 10.8. The van der Waals surface area contributed by atoms with Crippen molar-refractivity contribution in [3.8, 4) is 23.6 Å². The highest BCUT2D eigenvalue weighted by Crippen LogP contribution is 2.56. The van der Waals surface area contributed by atoms with Gasteiger partial charge in [0, 0.05) is 38.5 Å². The van der Waals surface area contributed by atoms with E-state index in [1.54, 1.807) is 0 Å².